The van der Waals surface area contributed by atoms with Gasteiger partial charge < -0.3 is 0 Å². The minimum Gasteiger partial charge on any atom is -0.243 e. The monoisotopic (exact) mass is 312 g/mol. The number of hydrogen-bond donors (Lipinski definition) is 0. The third-order valence-corrected chi connectivity index (χ3v) is 5.10. The minimum atomic E-state index is -3.80. The minimum absolute atomic E-state index is 0.0954. The van der Waals surface area contributed by atoms with E-state index in [1.807, 2.05) is 0 Å². The van der Waals surface area contributed by atoms with E-state index in [1.165, 1.54) is 25.4 Å². The summed E-state index contributed by atoms with van der Waals surface area (Å²) in [6.07, 6.45) is 1.38. The lowest BCUT2D eigenvalue weighted by Crippen LogP contribution is -2.30. The van der Waals surface area contributed by atoms with Crippen molar-refractivity contribution in [2.45, 2.75) is 18.0 Å². The molecule has 0 radical (unpaired) electrons. The van der Waals surface area contributed by atoms with Gasteiger partial charge in [-0.25, -0.2) is 22.2 Å². The maximum absolute atomic E-state index is 13.3. The first-order valence-electron chi connectivity index (χ1n) is 6.18. The molecule has 0 N–H and O–H groups in total. The second kappa shape index (κ2) is 5.87. The zero-order chi connectivity index (χ0) is 15.6. The van der Waals surface area contributed by atoms with Gasteiger partial charge in [0.2, 0.25) is 0 Å². The Kier molecular flexibility index (Phi) is 4.34. The second-order valence-electron chi connectivity index (χ2n) is 4.54. The van der Waals surface area contributed by atoms with Crippen molar-refractivity contribution in [3.05, 3.63) is 59.8 Å². The fraction of sp³-hybridized carbons (Fsp3) is 0.214. The highest BCUT2D eigenvalue weighted by Gasteiger charge is 2.27. The highest BCUT2D eigenvalue weighted by atomic mass is 32.2. The van der Waals surface area contributed by atoms with Gasteiger partial charge in [-0.05, 0) is 36.8 Å². The van der Waals surface area contributed by atoms with E-state index >= 15 is 0 Å². The van der Waals surface area contributed by atoms with E-state index in [0.29, 0.717) is 5.56 Å². The Balaban J connectivity index is 2.34. The van der Waals surface area contributed by atoms with Crippen molar-refractivity contribution >= 4 is 10.0 Å². The Morgan fingerprint density at radius 3 is 2.43 bits per heavy atom. The van der Waals surface area contributed by atoms with Crippen LogP contribution < -0.4 is 0 Å². The Bertz CT molecular complexity index is 736. The molecule has 0 bridgehead atoms. The third-order valence-electron chi connectivity index (χ3n) is 3.25. The highest BCUT2D eigenvalue weighted by molar-refractivity contribution is 7.89. The second-order valence-corrected chi connectivity index (χ2v) is 6.48. The van der Waals surface area contributed by atoms with Crippen molar-refractivity contribution in [2.24, 2.45) is 0 Å². The van der Waals surface area contributed by atoms with Gasteiger partial charge in [0.1, 0.15) is 0 Å². The van der Waals surface area contributed by atoms with Crippen molar-refractivity contribution in [3.8, 4) is 0 Å². The molecule has 0 amide bonds. The van der Waals surface area contributed by atoms with Crippen LogP contribution in [0.1, 0.15) is 18.5 Å². The van der Waals surface area contributed by atoms with Crippen LogP contribution in [0.5, 0.6) is 0 Å². The first-order valence-corrected chi connectivity index (χ1v) is 7.62. The van der Waals surface area contributed by atoms with Crippen LogP contribution in [0.4, 0.5) is 8.78 Å². The Hall–Kier alpha value is -1.86. The van der Waals surface area contributed by atoms with Crippen LogP contribution in [0.15, 0.2) is 47.6 Å². The zero-order valence-electron chi connectivity index (χ0n) is 11.5. The molecule has 4 nitrogen and oxygen atoms in total. The average Bonchev–Trinajstić information content (AvgIpc) is 2.49. The average molecular weight is 312 g/mol. The molecular weight excluding hydrogens is 298 g/mol. The molecule has 2 rings (SSSR count). The van der Waals surface area contributed by atoms with E-state index in [0.717, 1.165) is 16.4 Å². The van der Waals surface area contributed by atoms with Crippen LogP contribution in [0, 0.1) is 11.6 Å². The number of sulfonamides is 1. The fourth-order valence-electron chi connectivity index (χ4n) is 1.84. The molecule has 0 saturated heterocycles. The smallest absolute Gasteiger partial charge is 0.243 e. The van der Waals surface area contributed by atoms with E-state index < -0.39 is 27.7 Å². The zero-order valence-corrected chi connectivity index (χ0v) is 12.3. The van der Waals surface area contributed by atoms with Crippen LogP contribution in [0.3, 0.4) is 0 Å². The summed E-state index contributed by atoms with van der Waals surface area (Å²) in [7, 11) is -2.43. The summed E-state index contributed by atoms with van der Waals surface area (Å²) in [5.74, 6) is -1.98. The van der Waals surface area contributed by atoms with Crippen molar-refractivity contribution in [1.29, 1.82) is 0 Å². The lowest BCUT2D eigenvalue weighted by atomic mass is 10.1. The molecule has 0 aliphatic heterocycles. The molecule has 112 valence electrons. The Morgan fingerprint density at radius 1 is 1.14 bits per heavy atom. The van der Waals surface area contributed by atoms with Crippen LogP contribution in [-0.4, -0.2) is 24.8 Å². The van der Waals surface area contributed by atoms with Crippen LogP contribution in [0.25, 0.3) is 0 Å². The van der Waals surface area contributed by atoms with Gasteiger partial charge in [0.15, 0.2) is 16.7 Å². The summed E-state index contributed by atoms with van der Waals surface area (Å²) in [6.45, 7) is 1.59. The predicted octanol–water partition coefficient (Wildman–Crippen LogP) is 2.74. The predicted molar refractivity (Wildman–Crippen MR) is 74.0 cm³/mol. The van der Waals surface area contributed by atoms with Crippen molar-refractivity contribution in [2.75, 3.05) is 7.05 Å². The first-order chi connectivity index (χ1) is 9.84. The van der Waals surface area contributed by atoms with Crippen molar-refractivity contribution < 1.29 is 17.2 Å². The van der Waals surface area contributed by atoms with Gasteiger partial charge in [0.25, 0.3) is 10.0 Å². The third kappa shape index (κ3) is 3.08. The van der Waals surface area contributed by atoms with Crippen LogP contribution in [0.2, 0.25) is 0 Å². The van der Waals surface area contributed by atoms with Gasteiger partial charge in [0.05, 0.1) is 0 Å². The van der Waals surface area contributed by atoms with Gasteiger partial charge in [-0.1, -0.05) is 12.1 Å². The summed E-state index contributed by atoms with van der Waals surface area (Å²) in [5.41, 5.74) is 0.357. The lowest BCUT2D eigenvalue weighted by molar-refractivity contribution is 0.394. The molecule has 0 aliphatic rings. The van der Waals surface area contributed by atoms with Gasteiger partial charge in [-0.15, -0.1) is 0 Å². The summed E-state index contributed by atoms with van der Waals surface area (Å²) < 4.78 is 52.1. The summed E-state index contributed by atoms with van der Waals surface area (Å²) in [4.78, 5) is 3.82. The first kappa shape index (κ1) is 15.5. The largest absolute Gasteiger partial charge is 0.260 e. The summed E-state index contributed by atoms with van der Waals surface area (Å²) in [5, 5.41) is -0.0954. The van der Waals surface area contributed by atoms with E-state index in [1.54, 1.807) is 19.1 Å². The molecule has 7 heteroatoms. The lowest BCUT2D eigenvalue weighted by Gasteiger charge is -2.24. The van der Waals surface area contributed by atoms with E-state index in [2.05, 4.69) is 4.98 Å². The summed E-state index contributed by atoms with van der Waals surface area (Å²) >= 11 is 0. The molecular formula is C14H14F2N2O2S. The number of nitrogens with zero attached hydrogens (tertiary/aromatic N) is 2. The molecule has 21 heavy (non-hydrogen) atoms. The highest BCUT2D eigenvalue weighted by Crippen LogP contribution is 2.25. The SMILES string of the molecule is CC(c1ccc(F)c(F)c1)N(C)S(=O)(=O)c1ccccn1. The number of aromatic nitrogens is 1. The Morgan fingerprint density at radius 2 is 1.86 bits per heavy atom. The van der Waals surface area contributed by atoms with Crippen LogP contribution in [-0.2, 0) is 10.0 Å². The normalized spacial score (nSPS) is 13.4. The molecule has 0 aliphatic carbocycles. The van der Waals surface area contributed by atoms with E-state index in [-0.39, 0.29) is 5.03 Å². The number of pyridine rings is 1. The topological polar surface area (TPSA) is 50.3 Å². The number of benzene rings is 1. The molecule has 1 unspecified atom stereocenters. The molecule has 1 aromatic carbocycles. The van der Waals surface area contributed by atoms with Gasteiger partial charge in [0, 0.05) is 19.3 Å². The van der Waals surface area contributed by atoms with Crippen molar-refractivity contribution in [3.63, 3.8) is 0 Å². The van der Waals surface area contributed by atoms with Crippen LogP contribution >= 0.6 is 0 Å². The van der Waals surface area contributed by atoms with Gasteiger partial charge in [-0.3, -0.25) is 0 Å². The molecule has 0 fully saturated rings. The number of rotatable bonds is 4. The standard InChI is InChI=1S/C14H14F2N2O2S/c1-10(11-6-7-12(15)13(16)9-11)18(2)21(19,20)14-5-3-4-8-17-14/h3-10H,1-2H3. The quantitative estimate of drug-likeness (QED) is 0.872. The van der Waals surface area contributed by atoms with Gasteiger partial charge in [-0.2, -0.15) is 4.31 Å². The van der Waals surface area contributed by atoms with E-state index in [4.69, 9.17) is 0 Å². The molecule has 2 aromatic rings. The fourth-order valence-corrected chi connectivity index (χ4v) is 3.12. The van der Waals surface area contributed by atoms with Crippen molar-refractivity contribution in [1.82, 2.24) is 9.29 Å². The number of hydrogen-bond acceptors (Lipinski definition) is 3. The molecule has 1 aromatic heterocycles. The Labute approximate surface area is 122 Å². The maximum atomic E-state index is 13.3. The maximum Gasteiger partial charge on any atom is 0.260 e. The molecule has 0 saturated carbocycles. The van der Waals surface area contributed by atoms with Gasteiger partial charge >= 0.3 is 0 Å². The van der Waals surface area contributed by atoms with E-state index in [9.17, 15) is 17.2 Å². The molecule has 1 atom stereocenters. The summed E-state index contributed by atoms with van der Waals surface area (Å²) in [6, 6.07) is 7.21. The molecule has 1 heterocycles. The molecule has 0 spiro atoms. The number of halogens is 2.